The van der Waals surface area contributed by atoms with Crippen LogP contribution in [0.2, 0.25) is 0 Å². The van der Waals surface area contributed by atoms with Crippen molar-refractivity contribution in [3.63, 3.8) is 0 Å². The molecular weight excluding hydrogens is 478 g/mol. The summed E-state index contributed by atoms with van der Waals surface area (Å²) in [6.45, 7) is 1.53. The zero-order valence-corrected chi connectivity index (χ0v) is 19.1. The number of carbonyl (C=O) groups excluding carboxylic acids is 1. The molecule has 2 aromatic carbocycles. The minimum absolute atomic E-state index is 0.0259. The minimum Gasteiger partial charge on any atom is -0.480 e. The second-order valence-corrected chi connectivity index (χ2v) is 8.16. The predicted molar refractivity (Wildman–Crippen MR) is 125 cm³/mol. The molecule has 0 radical (unpaired) electrons. The molecule has 4 rings (SSSR count). The molecule has 0 aliphatic rings. The molecule has 0 fully saturated rings. The Morgan fingerprint density at radius 3 is 2.50 bits per heavy atom. The van der Waals surface area contributed by atoms with E-state index in [1.165, 1.54) is 52.3 Å². The van der Waals surface area contributed by atoms with Crippen LogP contribution in [-0.4, -0.2) is 38.0 Å². The lowest BCUT2D eigenvalue weighted by molar-refractivity contribution is -0.138. The Morgan fingerprint density at radius 2 is 1.86 bits per heavy atom. The number of hydrogen-bond acceptors (Lipinski definition) is 3. The maximum atomic E-state index is 14.3. The third kappa shape index (κ3) is 5.07. The Balaban J connectivity index is 1.85. The van der Waals surface area contributed by atoms with Gasteiger partial charge in [-0.15, -0.1) is 0 Å². The molecule has 10 heteroatoms. The van der Waals surface area contributed by atoms with Crippen molar-refractivity contribution in [2.75, 3.05) is 6.54 Å². The van der Waals surface area contributed by atoms with Crippen molar-refractivity contribution in [2.24, 2.45) is 0 Å². The highest BCUT2D eigenvalue weighted by molar-refractivity contribution is 5.98. The topological polar surface area (TPSA) is 75.4 Å². The number of benzene rings is 2. The number of carboxylic acid groups (broad SMARTS) is 1. The van der Waals surface area contributed by atoms with E-state index in [4.69, 9.17) is 0 Å². The first-order chi connectivity index (χ1) is 17.1. The molecule has 2 heterocycles. The Morgan fingerprint density at radius 1 is 1.08 bits per heavy atom. The van der Waals surface area contributed by atoms with E-state index in [-0.39, 0.29) is 29.9 Å². The number of pyridine rings is 1. The smallest absolute Gasteiger partial charge is 0.416 e. The van der Waals surface area contributed by atoms with Crippen molar-refractivity contribution in [3.05, 3.63) is 89.6 Å². The molecule has 0 spiro atoms. The summed E-state index contributed by atoms with van der Waals surface area (Å²) in [6.07, 6.45) is -0.231. The van der Waals surface area contributed by atoms with Crippen LogP contribution in [0.15, 0.2) is 67.1 Å². The lowest BCUT2D eigenvalue weighted by Gasteiger charge is -2.22. The second kappa shape index (κ2) is 9.80. The molecule has 0 unspecified atom stereocenters. The zero-order valence-electron chi connectivity index (χ0n) is 19.1. The van der Waals surface area contributed by atoms with Crippen molar-refractivity contribution >= 4 is 22.8 Å². The SMILES string of the molecule is CCN(Cc1cc(F)ccc1-c1cn(CC(=O)O)c2ccc(C(F)(F)F)cc12)C(=O)c1cccnc1. The third-order valence-corrected chi connectivity index (χ3v) is 5.81. The summed E-state index contributed by atoms with van der Waals surface area (Å²) in [4.78, 5) is 29.8. The summed E-state index contributed by atoms with van der Waals surface area (Å²) < 4.78 is 56.0. The van der Waals surface area contributed by atoms with Gasteiger partial charge in [0.05, 0.1) is 11.1 Å². The molecule has 6 nitrogen and oxygen atoms in total. The van der Waals surface area contributed by atoms with Gasteiger partial charge in [0.2, 0.25) is 0 Å². The highest BCUT2D eigenvalue weighted by Gasteiger charge is 2.31. The van der Waals surface area contributed by atoms with E-state index >= 15 is 0 Å². The lowest BCUT2D eigenvalue weighted by atomic mass is 9.97. The van der Waals surface area contributed by atoms with E-state index in [9.17, 15) is 32.3 Å². The number of rotatable bonds is 7. The van der Waals surface area contributed by atoms with Gasteiger partial charge >= 0.3 is 12.1 Å². The molecular formula is C26H21F4N3O3. The summed E-state index contributed by atoms with van der Waals surface area (Å²) in [7, 11) is 0. The molecule has 0 saturated carbocycles. The van der Waals surface area contributed by atoms with Gasteiger partial charge in [0.1, 0.15) is 12.4 Å². The summed E-state index contributed by atoms with van der Waals surface area (Å²) in [6, 6.07) is 10.1. The Labute approximate surface area is 203 Å². The minimum atomic E-state index is -4.61. The lowest BCUT2D eigenvalue weighted by Crippen LogP contribution is -2.30. The number of fused-ring (bicyclic) bond motifs is 1. The first-order valence-electron chi connectivity index (χ1n) is 11.0. The molecule has 0 saturated heterocycles. The largest absolute Gasteiger partial charge is 0.480 e. The maximum Gasteiger partial charge on any atom is 0.416 e. The average Bonchev–Trinajstić information content (AvgIpc) is 3.19. The van der Waals surface area contributed by atoms with Gasteiger partial charge in [-0.25, -0.2) is 4.39 Å². The number of aliphatic carboxylic acids is 1. The standard InChI is InChI=1S/C26H21F4N3O3/c1-2-32(25(36)16-4-3-9-31-12-16)13-17-10-19(27)6-7-20(17)22-14-33(15-24(34)35)23-8-5-18(11-21(22)23)26(28,29)30/h3-12,14H,2,13,15H2,1H3,(H,34,35). The third-order valence-electron chi connectivity index (χ3n) is 5.81. The molecule has 4 aromatic rings. The van der Waals surface area contributed by atoms with Gasteiger partial charge in [0.25, 0.3) is 5.91 Å². The van der Waals surface area contributed by atoms with Gasteiger partial charge in [-0.05, 0) is 60.5 Å². The molecule has 36 heavy (non-hydrogen) atoms. The predicted octanol–water partition coefficient (Wildman–Crippen LogP) is 5.61. The fourth-order valence-corrected chi connectivity index (χ4v) is 4.13. The van der Waals surface area contributed by atoms with E-state index in [1.54, 1.807) is 19.1 Å². The normalized spacial score (nSPS) is 11.6. The van der Waals surface area contributed by atoms with Gasteiger partial charge in [-0.2, -0.15) is 13.2 Å². The van der Waals surface area contributed by atoms with E-state index in [1.807, 2.05) is 0 Å². The number of carbonyl (C=O) groups is 2. The maximum absolute atomic E-state index is 14.3. The van der Waals surface area contributed by atoms with Gasteiger partial charge in [0.15, 0.2) is 0 Å². The number of carboxylic acids is 1. The summed E-state index contributed by atoms with van der Waals surface area (Å²) in [5.41, 5.74) is 0.787. The van der Waals surface area contributed by atoms with Gasteiger partial charge < -0.3 is 14.6 Å². The summed E-state index contributed by atoms with van der Waals surface area (Å²) in [5.74, 6) is -2.09. The van der Waals surface area contributed by atoms with Crippen molar-refractivity contribution in [1.29, 1.82) is 0 Å². The molecule has 0 atom stereocenters. The molecule has 0 aliphatic heterocycles. The van der Waals surface area contributed by atoms with E-state index in [0.717, 1.165) is 12.1 Å². The fourth-order valence-electron chi connectivity index (χ4n) is 4.13. The van der Waals surface area contributed by atoms with Crippen LogP contribution in [0, 0.1) is 5.82 Å². The number of aromatic nitrogens is 2. The first kappa shape index (κ1) is 24.9. The van der Waals surface area contributed by atoms with Crippen molar-refractivity contribution < 1.29 is 32.3 Å². The van der Waals surface area contributed by atoms with Crippen molar-refractivity contribution in [3.8, 4) is 11.1 Å². The van der Waals surface area contributed by atoms with E-state index in [0.29, 0.717) is 22.3 Å². The first-order valence-corrected chi connectivity index (χ1v) is 11.0. The summed E-state index contributed by atoms with van der Waals surface area (Å²) >= 11 is 0. The van der Waals surface area contributed by atoms with Gasteiger partial charge in [-0.1, -0.05) is 6.07 Å². The Hall–Kier alpha value is -4.21. The number of alkyl halides is 3. The van der Waals surface area contributed by atoms with Crippen LogP contribution in [-0.2, 0) is 24.1 Å². The number of hydrogen-bond donors (Lipinski definition) is 1. The fraction of sp³-hybridized carbons (Fsp3) is 0.192. The van der Waals surface area contributed by atoms with E-state index < -0.39 is 30.1 Å². The van der Waals surface area contributed by atoms with Crippen LogP contribution in [0.1, 0.15) is 28.4 Å². The Kier molecular flexibility index (Phi) is 6.78. The van der Waals surface area contributed by atoms with Crippen molar-refractivity contribution in [2.45, 2.75) is 26.2 Å². The van der Waals surface area contributed by atoms with Crippen LogP contribution in [0.5, 0.6) is 0 Å². The number of nitrogens with zero attached hydrogens (tertiary/aromatic N) is 3. The number of halogens is 4. The molecule has 1 N–H and O–H groups in total. The van der Waals surface area contributed by atoms with Crippen LogP contribution >= 0.6 is 0 Å². The second-order valence-electron chi connectivity index (χ2n) is 8.16. The molecule has 0 aliphatic carbocycles. The van der Waals surface area contributed by atoms with Crippen LogP contribution < -0.4 is 0 Å². The molecule has 0 bridgehead atoms. The highest BCUT2D eigenvalue weighted by Crippen LogP contribution is 2.38. The van der Waals surface area contributed by atoms with Crippen LogP contribution in [0.3, 0.4) is 0 Å². The highest BCUT2D eigenvalue weighted by atomic mass is 19.4. The monoisotopic (exact) mass is 499 g/mol. The molecule has 186 valence electrons. The van der Waals surface area contributed by atoms with Gasteiger partial charge in [0, 0.05) is 48.1 Å². The van der Waals surface area contributed by atoms with Crippen molar-refractivity contribution in [1.82, 2.24) is 14.5 Å². The molecule has 2 aromatic heterocycles. The quantitative estimate of drug-likeness (QED) is 0.336. The molecule has 1 amide bonds. The van der Waals surface area contributed by atoms with E-state index in [2.05, 4.69) is 4.98 Å². The zero-order chi connectivity index (χ0) is 26.0. The Bertz CT molecular complexity index is 1430. The van der Waals surface area contributed by atoms with Crippen LogP contribution in [0.4, 0.5) is 17.6 Å². The van der Waals surface area contributed by atoms with Gasteiger partial charge in [-0.3, -0.25) is 14.6 Å². The van der Waals surface area contributed by atoms with Crippen LogP contribution in [0.25, 0.3) is 22.0 Å². The summed E-state index contributed by atoms with van der Waals surface area (Å²) in [5, 5.41) is 9.47. The number of amides is 1. The average molecular weight is 499 g/mol.